The van der Waals surface area contributed by atoms with Gasteiger partial charge in [-0.05, 0) is 37.1 Å². The molecule has 2 aromatic carbocycles. The summed E-state index contributed by atoms with van der Waals surface area (Å²) in [4.78, 5) is 25.9. The van der Waals surface area contributed by atoms with Crippen molar-refractivity contribution in [3.05, 3.63) is 70.8 Å². The maximum absolute atomic E-state index is 12.3. The molecule has 2 amide bonds. The van der Waals surface area contributed by atoms with Crippen molar-refractivity contribution in [1.29, 1.82) is 0 Å². The molecule has 0 spiro atoms. The standard InChI is InChI=1S/C18H18N2O2/c1-18(2,19)13-9-7-12(8-10-13)11-20-16(21)14-5-3-4-6-15(14)17(20)22/h3-10H,11,19H2,1-2H3. The summed E-state index contributed by atoms with van der Waals surface area (Å²) in [6.07, 6.45) is 0. The summed E-state index contributed by atoms with van der Waals surface area (Å²) in [5.41, 5.74) is 8.52. The number of carbonyl (C=O) groups is 2. The van der Waals surface area contributed by atoms with Gasteiger partial charge < -0.3 is 5.73 Å². The van der Waals surface area contributed by atoms with Gasteiger partial charge in [0.2, 0.25) is 0 Å². The van der Waals surface area contributed by atoms with Gasteiger partial charge >= 0.3 is 0 Å². The number of amides is 2. The molecule has 4 nitrogen and oxygen atoms in total. The van der Waals surface area contributed by atoms with Crippen molar-refractivity contribution < 1.29 is 9.59 Å². The van der Waals surface area contributed by atoms with E-state index in [1.54, 1.807) is 24.3 Å². The average molecular weight is 294 g/mol. The summed E-state index contributed by atoms with van der Waals surface area (Å²) in [6, 6.07) is 14.6. The SMILES string of the molecule is CC(C)(N)c1ccc(CN2C(=O)c3ccccc3C2=O)cc1. The van der Waals surface area contributed by atoms with Crippen LogP contribution in [0, 0.1) is 0 Å². The molecule has 0 saturated carbocycles. The minimum absolute atomic E-state index is 0.233. The Bertz CT molecular complexity index is 707. The molecule has 112 valence electrons. The Morgan fingerprint density at radius 3 is 1.86 bits per heavy atom. The van der Waals surface area contributed by atoms with Crippen LogP contribution in [-0.2, 0) is 12.1 Å². The Labute approximate surface area is 129 Å². The second-order valence-electron chi connectivity index (χ2n) is 6.16. The highest BCUT2D eigenvalue weighted by Crippen LogP contribution is 2.25. The van der Waals surface area contributed by atoms with E-state index in [2.05, 4.69) is 0 Å². The molecule has 0 radical (unpaired) electrons. The first-order valence-electron chi connectivity index (χ1n) is 7.21. The van der Waals surface area contributed by atoms with E-state index >= 15 is 0 Å². The summed E-state index contributed by atoms with van der Waals surface area (Å²) < 4.78 is 0. The lowest BCUT2D eigenvalue weighted by Gasteiger charge is -2.20. The Morgan fingerprint density at radius 1 is 0.909 bits per heavy atom. The third kappa shape index (κ3) is 2.42. The maximum atomic E-state index is 12.3. The molecule has 22 heavy (non-hydrogen) atoms. The molecular weight excluding hydrogens is 276 g/mol. The Morgan fingerprint density at radius 2 is 1.41 bits per heavy atom. The Balaban J connectivity index is 1.83. The van der Waals surface area contributed by atoms with Crippen LogP contribution in [0.15, 0.2) is 48.5 Å². The number of nitrogens with zero attached hydrogens (tertiary/aromatic N) is 1. The lowest BCUT2D eigenvalue weighted by atomic mass is 9.95. The van der Waals surface area contributed by atoms with Gasteiger partial charge in [0.1, 0.15) is 0 Å². The first-order chi connectivity index (χ1) is 10.4. The quantitative estimate of drug-likeness (QED) is 0.885. The van der Waals surface area contributed by atoms with Crippen LogP contribution in [0.4, 0.5) is 0 Å². The molecule has 3 rings (SSSR count). The van der Waals surface area contributed by atoms with Gasteiger partial charge in [0, 0.05) is 5.54 Å². The lowest BCUT2D eigenvalue weighted by molar-refractivity contribution is 0.0642. The molecule has 4 heteroatoms. The lowest BCUT2D eigenvalue weighted by Crippen LogP contribution is -2.30. The largest absolute Gasteiger partial charge is 0.322 e. The van der Waals surface area contributed by atoms with Crippen LogP contribution in [0.3, 0.4) is 0 Å². The number of hydrogen-bond acceptors (Lipinski definition) is 3. The fourth-order valence-corrected chi connectivity index (χ4v) is 2.61. The number of hydrogen-bond donors (Lipinski definition) is 1. The van der Waals surface area contributed by atoms with Gasteiger partial charge in [0.25, 0.3) is 11.8 Å². The fourth-order valence-electron chi connectivity index (χ4n) is 2.61. The van der Waals surface area contributed by atoms with E-state index < -0.39 is 5.54 Å². The van der Waals surface area contributed by atoms with Crippen LogP contribution in [0.5, 0.6) is 0 Å². The van der Waals surface area contributed by atoms with E-state index in [1.807, 2.05) is 38.1 Å². The minimum Gasteiger partial charge on any atom is -0.322 e. The van der Waals surface area contributed by atoms with Crippen molar-refractivity contribution in [2.45, 2.75) is 25.9 Å². The van der Waals surface area contributed by atoms with Gasteiger partial charge in [0.05, 0.1) is 17.7 Å². The third-order valence-electron chi connectivity index (χ3n) is 3.92. The van der Waals surface area contributed by atoms with Crippen molar-refractivity contribution in [2.75, 3.05) is 0 Å². The van der Waals surface area contributed by atoms with Crippen molar-refractivity contribution in [2.24, 2.45) is 5.73 Å². The predicted molar refractivity (Wildman–Crippen MR) is 84.3 cm³/mol. The van der Waals surface area contributed by atoms with Gasteiger partial charge in [-0.25, -0.2) is 0 Å². The number of benzene rings is 2. The summed E-state index contributed by atoms with van der Waals surface area (Å²) in [6.45, 7) is 4.15. The van der Waals surface area contributed by atoms with Crippen LogP contribution in [-0.4, -0.2) is 16.7 Å². The van der Waals surface area contributed by atoms with Crippen LogP contribution < -0.4 is 5.73 Å². The molecule has 1 aliphatic heterocycles. The van der Waals surface area contributed by atoms with Gasteiger partial charge in [-0.2, -0.15) is 0 Å². The molecule has 0 bridgehead atoms. The normalized spacial score (nSPS) is 14.4. The minimum atomic E-state index is -0.409. The third-order valence-corrected chi connectivity index (χ3v) is 3.92. The van der Waals surface area contributed by atoms with E-state index in [9.17, 15) is 9.59 Å². The van der Waals surface area contributed by atoms with Crippen molar-refractivity contribution in [3.8, 4) is 0 Å². The van der Waals surface area contributed by atoms with Gasteiger partial charge in [-0.15, -0.1) is 0 Å². The molecule has 0 atom stereocenters. The molecular formula is C18H18N2O2. The van der Waals surface area contributed by atoms with Gasteiger partial charge in [-0.3, -0.25) is 14.5 Å². The summed E-state index contributed by atoms with van der Waals surface area (Å²) in [7, 11) is 0. The summed E-state index contributed by atoms with van der Waals surface area (Å²) in [5.74, 6) is -0.465. The Kier molecular flexibility index (Phi) is 3.34. The molecule has 2 N–H and O–H groups in total. The summed E-state index contributed by atoms with van der Waals surface area (Å²) >= 11 is 0. The van der Waals surface area contributed by atoms with Crippen LogP contribution in [0.25, 0.3) is 0 Å². The molecule has 0 aromatic heterocycles. The van der Waals surface area contributed by atoms with Crippen molar-refractivity contribution in [1.82, 2.24) is 4.90 Å². The maximum Gasteiger partial charge on any atom is 0.261 e. The molecule has 1 aliphatic rings. The van der Waals surface area contributed by atoms with Gasteiger partial charge in [0.15, 0.2) is 0 Å². The smallest absolute Gasteiger partial charge is 0.261 e. The molecule has 0 saturated heterocycles. The predicted octanol–water partition coefficient (Wildman–Crippen LogP) is 2.68. The van der Waals surface area contributed by atoms with E-state index in [1.165, 1.54) is 4.90 Å². The zero-order valence-corrected chi connectivity index (χ0v) is 12.7. The second kappa shape index (κ2) is 5.07. The number of nitrogens with two attached hydrogens (primary N) is 1. The summed E-state index contributed by atoms with van der Waals surface area (Å²) in [5, 5.41) is 0. The van der Waals surface area contributed by atoms with E-state index in [-0.39, 0.29) is 18.4 Å². The van der Waals surface area contributed by atoms with E-state index in [4.69, 9.17) is 5.73 Å². The first-order valence-corrected chi connectivity index (χ1v) is 7.21. The molecule has 1 heterocycles. The van der Waals surface area contributed by atoms with Crippen LogP contribution >= 0.6 is 0 Å². The van der Waals surface area contributed by atoms with Crippen LogP contribution in [0.2, 0.25) is 0 Å². The topological polar surface area (TPSA) is 63.4 Å². The zero-order chi connectivity index (χ0) is 15.9. The second-order valence-corrected chi connectivity index (χ2v) is 6.16. The Hall–Kier alpha value is -2.46. The number of carbonyl (C=O) groups excluding carboxylic acids is 2. The van der Waals surface area contributed by atoms with Crippen LogP contribution in [0.1, 0.15) is 45.7 Å². The molecule has 0 unspecified atom stereocenters. The highest BCUT2D eigenvalue weighted by molar-refractivity contribution is 6.21. The zero-order valence-electron chi connectivity index (χ0n) is 12.7. The highest BCUT2D eigenvalue weighted by Gasteiger charge is 2.34. The molecule has 2 aromatic rings. The first kappa shape index (κ1) is 14.5. The fraction of sp³-hybridized carbons (Fsp3) is 0.222. The number of imide groups is 1. The number of fused-ring (bicyclic) bond motifs is 1. The average Bonchev–Trinajstić information content (AvgIpc) is 2.73. The molecule has 0 fully saturated rings. The molecule has 0 aliphatic carbocycles. The van der Waals surface area contributed by atoms with E-state index in [0.29, 0.717) is 11.1 Å². The highest BCUT2D eigenvalue weighted by atomic mass is 16.2. The monoisotopic (exact) mass is 294 g/mol. The van der Waals surface area contributed by atoms with Crippen molar-refractivity contribution >= 4 is 11.8 Å². The number of rotatable bonds is 3. The van der Waals surface area contributed by atoms with E-state index in [0.717, 1.165) is 11.1 Å². The van der Waals surface area contributed by atoms with Gasteiger partial charge in [-0.1, -0.05) is 36.4 Å². The van der Waals surface area contributed by atoms with Crippen molar-refractivity contribution in [3.63, 3.8) is 0 Å².